The molecule has 0 aromatic carbocycles. The van der Waals surface area contributed by atoms with E-state index in [0.29, 0.717) is 0 Å². The lowest BCUT2D eigenvalue weighted by Gasteiger charge is -2.19. The predicted molar refractivity (Wildman–Crippen MR) is 54.1 cm³/mol. The average molecular weight is 164 g/mol. The zero-order valence-electron chi connectivity index (χ0n) is 8.34. The second kappa shape index (κ2) is 5.22. The highest BCUT2D eigenvalue weighted by Crippen LogP contribution is 2.22. The molecule has 0 aliphatic heterocycles. The summed E-state index contributed by atoms with van der Waals surface area (Å²) in [6, 6.07) is 0. The van der Waals surface area contributed by atoms with Crippen LogP contribution in [0.15, 0.2) is 17.9 Å². The molecule has 0 N–H and O–H groups in total. The highest BCUT2D eigenvalue weighted by atomic mass is 14.2. The van der Waals surface area contributed by atoms with E-state index in [2.05, 4.69) is 31.7 Å². The lowest BCUT2D eigenvalue weighted by molar-refractivity contribution is 0.339. The van der Waals surface area contributed by atoms with E-state index >= 15 is 0 Å². The third-order valence-corrected chi connectivity index (χ3v) is 2.98. The molecular formula is C12H20. The fourth-order valence-corrected chi connectivity index (χ4v) is 1.71. The van der Waals surface area contributed by atoms with Crippen molar-refractivity contribution in [2.45, 2.75) is 46.0 Å². The van der Waals surface area contributed by atoms with Crippen LogP contribution in [0.5, 0.6) is 0 Å². The van der Waals surface area contributed by atoms with Crippen LogP contribution in [-0.2, 0) is 0 Å². The zero-order chi connectivity index (χ0) is 8.81. The van der Waals surface area contributed by atoms with Crippen molar-refractivity contribution in [3.05, 3.63) is 17.9 Å². The minimum atomic E-state index is 0.890. The normalized spacial score (nSPS) is 31.8. The molecule has 0 aromatic rings. The maximum atomic E-state index is 3.24. The van der Waals surface area contributed by atoms with Gasteiger partial charge >= 0.3 is 0 Å². The Morgan fingerprint density at radius 1 is 1.00 bits per heavy atom. The Morgan fingerprint density at radius 2 is 1.67 bits per heavy atom. The van der Waals surface area contributed by atoms with Crippen LogP contribution in [0.4, 0.5) is 0 Å². The minimum Gasteiger partial charge on any atom is -0.130 e. The summed E-state index contributed by atoms with van der Waals surface area (Å²) in [6.07, 6.45) is 10.9. The molecule has 1 rings (SSSR count). The molecule has 0 heterocycles. The quantitative estimate of drug-likeness (QED) is 0.476. The van der Waals surface area contributed by atoms with Gasteiger partial charge < -0.3 is 0 Å². The number of hydrogen-bond acceptors (Lipinski definition) is 0. The van der Waals surface area contributed by atoms with Crippen molar-refractivity contribution < 1.29 is 0 Å². The summed E-state index contributed by atoms with van der Waals surface area (Å²) in [6.45, 7) is 4.77. The first-order valence-electron chi connectivity index (χ1n) is 5.20. The van der Waals surface area contributed by atoms with Crippen molar-refractivity contribution in [3.63, 3.8) is 0 Å². The summed E-state index contributed by atoms with van der Waals surface area (Å²) < 4.78 is 0. The lowest BCUT2D eigenvalue weighted by Crippen LogP contribution is -2.07. The van der Waals surface area contributed by atoms with Crippen molar-refractivity contribution in [2.24, 2.45) is 11.8 Å². The van der Waals surface area contributed by atoms with E-state index in [4.69, 9.17) is 0 Å². The van der Waals surface area contributed by atoms with Crippen LogP contribution in [0.25, 0.3) is 0 Å². The maximum absolute atomic E-state index is 3.24. The van der Waals surface area contributed by atoms with Crippen molar-refractivity contribution in [2.75, 3.05) is 0 Å². The number of hydrogen-bond donors (Lipinski definition) is 0. The second-order valence-electron chi connectivity index (χ2n) is 4.04. The molecule has 0 nitrogen and oxygen atoms in total. The Hall–Kier alpha value is -0.480. The van der Waals surface area contributed by atoms with Gasteiger partial charge in [0, 0.05) is 0 Å². The smallest absolute Gasteiger partial charge is 0.0272 e. The molecule has 68 valence electrons. The van der Waals surface area contributed by atoms with E-state index in [9.17, 15) is 0 Å². The highest BCUT2D eigenvalue weighted by Gasteiger charge is 2.10. The van der Waals surface area contributed by atoms with Gasteiger partial charge in [-0.3, -0.25) is 0 Å². The van der Waals surface area contributed by atoms with Gasteiger partial charge in [-0.05, 0) is 49.7 Å². The zero-order valence-corrected chi connectivity index (χ0v) is 8.34. The fourth-order valence-electron chi connectivity index (χ4n) is 1.71. The Balaban J connectivity index is 2.46. The van der Waals surface area contributed by atoms with Crippen LogP contribution in [0.2, 0.25) is 0 Å². The van der Waals surface area contributed by atoms with Gasteiger partial charge in [0.05, 0.1) is 0 Å². The van der Waals surface area contributed by atoms with E-state index in [1.54, 1.807) is 0 Å². The largest absolute Gasteiger partial charge is 0.130 e. The summed E-state index contributed by atoms with van der Waals surface area (Å²) in [5, 5.41) is 0. The summed E-state index contributed by atoms with van der Waals surface area (Å²) in [5.74, 6) is 1.80. The van der Waals surface area contributed by atoms with Crippen LogP contribution in [0, 0.1) is 11.8 Å². The fraction of sp³-hybridized carbons (Fsp3) is 0.750. The summed E-state index contributed by atoms with van der Waals surface area (Å²) in [5.41, 5.74) is 3.24. The highest BCUT2D eigenvalue weighted by molar-refractivity contribution is 4.86. The standard InChI is InChI=1S/C12H20/c1-11-9-7-5-3-4-6-8-10-12(11)2/h3,6,11-12H,5,7-10H2,1-2H3. The maximum Gasteiger partial charge on any atom is -0.0272 e. The first-order valence-corrected chi connectivity index (χ1v) is 5.20. The lowest BCUT2D eigenvalue weighted by atomic mass is 9.87. The van der Waals surface area contributed by atoms with Crippen molar-refractivity contribution in [1.29, 1.82) is 0 Å². The van der Waals surface area contributed by atoms with Gasteiger partial charge in [0.15, 0.2) is 0 Å². The van der Waals surface area contributed by atoms with E-state index < -0.39 is 0 Å². The Kier molecular flexibility index (Phi) is 4.18. The molecule has 0 bridgehead atoms. The van der Waals surface area contributed by atoms with Gasteiger partial charge in [0.25, 0.3) is 0 Å². The van der Waals surface area contributed by atoms with Gasteiger partial charge in [0.2, 0.25) is 0 Å². The molecule has 0 saturated carbocycles. The molecule has 1 aliphatic carbocycles. The van der Waals surface area contributed by atoms with Gasteiger partial charge in [-0.25, -0.2) is 0 Å². The van der Waals surface area contributed by atoms with E-state index in [0.717, 1.165) is 11.8 Å². The summed E-state index contributed by atoms with van der Waals surface area (Å²) in [4.78, 5) is 0. The molecule has 0 spiro atoms. The first-order chi connectivity index (χ1) is 5.80. The second-order valence-corrected chi connectivity index (χ2v) is 4.04. The Bertz CT molecular complexity index is 172. The van der Waals surface area contributed by atoms with Crippen LogP contribution in [0.3, 0.4) is 0 Å². The monoisotopic (exact) mass is 164 g/mol. The van der Waals surface area contributed by atoms with Crippen molar-refractivity contribution >= 4 is 0 Å². The molecular weight excluding hydrogens is 144 g/mol. The molecule has 0 amide bonds. The number of allylic oxidation sites excluding steroid dienone is 1. The number of rotatable bonds is 0. The summed E-state index contributed by atoms with van der Waals surface area (Å²) >= 11 is 0. The minimum absolute atomic E-state index is 0.890. The van der Waals surface area contributed by atoms with Gasteiger partial charge in [-0.1, -0.05) is 20.3 Å². The Morgan fingerprint density at radius 3 is 2.50 bits per heavy atom. The van der Waals surface area contributed by atoms with Crippen LogP contribution in [-0.4, -0.2) is 0 Å². The van der Waals surface area contributed by atoms with Crippen molar-refractivity contribution in [3.8, 4) is 0 Å². The Labute approximate surface area is 76.4 Å². The van der Waals surface area contributed by atoms with E-state index in [1.165, 1.54) is 32.1 Å². The molecule has 12 heavy (non-hydrogen) atoms. The van der Waals surface area contributed by atoms with Crippen LogP contribution in [0.1, 0.15) is 46.0 Å². The molecule has 2 atom stereocenters. The molecule has 2 unspecified atom stereocenters. The van der Waals surface area contributed by atoms with Crippen molar-refractivity contribution in [1.82, 2.24) is 0 Å². The third kappa shape index (κ3) is 3.28. The third-order valence-electron chi connectivity index (χ3n) is 2.98. The van der Waals surface area contributed by atoms with Crippen LogP contribution >= 0.6 is 0 Å². The van der Waals surface area contributed by atoms with E-state index in [-0.39, 0.29) is 0 Å². The summed E-state index contributed by atoms with van der Waals surface area (Å²) in [7, 11) is 0. The molecule has 0 aromatic heterocycles. The van der Waals surface area contributed by atoms with Gasteiger partial charge in [-0.2, -0.15) is 0 Å². The predicted octanol–water partition coefficient (Wildman–Crippen LogP) is 3.93. The topological polar surface area (TPSA) is 0 Å². The van der Waals surface area contributed by atoms with Gasteiger partial charge in [0.1, 0.15) is 0 Å². The molecule has 0 radical (unpaired) electrons. The van der Waals surface area contributed by atoms with Gasteiger partial charge in [-0.15, -0.1) is 5.73 Å². The molecule has 0 saturated heterocycles. The van der Waals surface area contributed by atoms with E-state index in [1.807, 2.05) is 0 Å². The molecule has 0 heteroatoms. The SMILES string of the molecule is CC1CCC=C=CCCCC1C. The van der Waals surface area contributed by atoms with Crippen LogP contribution < -0.4 is 0 Å². The first kappa shape index (κ1) is 9.61. The molecule has 1 aliphatic rings. The molecule has 0 fully saturated rings. The average Bonchev–Trinajstić information content (AvgIpc) is 2.08.